The molecule has 2 rings (SSSR count). The Hall–Kier alpha value is -1.15. The summed E-state index contributed by atoms with van der Waals surface area (Å²) < 4.78 is 0. The van der Waals surface area contributed by atoms with Crippen LogP contribution in [0.5, 0.6) is 0 Å². The van der Waals surface area contributed by atoms with Crippen LogP contribution in [0.25, 0.3) is 0 Å². The van der Waals surface area contributed by atoms with Gasteiger partial charge in [0.2, 0.25) is 0 Å². The number of hydrogen-bond acceptors (Lipinski definition) is 2. The summed E-state index contributed by atoms with van der Waals surface area (Å²) in [5, 5.41) is 3.37. The third kappa shape index (κ3) is 2.10. The molecule has 1 N–H and O–H groups in total. The highest BCUT2D eigenvalue weighted by Crippen LogP contribution is 2.24. The second kappa shape index (κ2) is 4.15. The zero-order valence-electron chi connectivity index (χ0n) is 9.12. The summed E-state index contributed by atoms with van der Waals surface area (Å²) in [6.07, 6.45) is 2.90. The third-order valence-corrected chi connectivity index (χ3v) is 3.27. The fourth-order valence-corrected chi connectivity index (χ4v) is 2.33. The average Bonchev–Trinajstić information content (AvgIpc) is 2.69. The number of rotatable bonds is 3. The molecule has 1 aliphatic rings. The van der Waals surface area contributed by atoms with Crippen molar-refractivity contribution in [3.8, 4) is 0 Å². The predicted octanol–water partition coefficient (Wildman–Crippen LogP) is 1.94. The predicted molar refractivity (Wildman–Crippen MR) is 60.8 cm³/mol. The smallest absolute Gasteiger partial charge is 0.150 e. The maximum absolute atomic E-state index is 11.7. The van der Waals surface area contributed by atoms with Crippen molar-refractivity contribution in [2.45, 2.75) is 31.7 Å². The van der Waals surface area contributed by atoms with Crippen LogP contribution in [-0.4, -0.2) is 17.9 Å². The summed E-state index contributed by atoms with van der Waals surface area (Å²) in [5.41, 5.74) is 0.948. The highest BCUT2D eigenvalue weighted by atomic mass is 16.1. The number of benzene rings is 1. The van der Waals surface area contributed by atoms with Crippen LogP contribution in [0.3, 0.4) is 0 Å². The molecule has 15 heavy (non-hydrogen) atoms. The van der Waals surface area contributed by atoms with Gasteiger partial charge in [-0.1, -0.05) is 30.3 Å². The van der Waals surface area contributed by atoms with Gasteiger partial charge in [0.05, 0.1) is 5.54 Å². The van der Waals surface area contributed by atoms with Gasteiger partial charge in [0.25, 0.3) is 0 Å². The molecule has 0 aromatic heterocycles. The molecular formula is C13H17NO. The fourth-order valence-electron chi connectivity index (χ4n) is 2.33. The van der Waals surface area contributed by atoms with E-state index in [1.165, 1.54) is 5.56 Å². The van der Waals surface area contributed by atoms with Gasteiger partial charge in [0.15, 0.2) is 0 Å². The van der Waals surface area contributed by atoms with Crippen LogP contribution in [0, 0.1) is 0 Å². The number of hydrogen-bond donors (Lipinski definition) is 1. The molecule has 1 aliphatic heterocycles. The van der Waals surface area contributed by atoms with E-state index < -0.39 is 0 Å². The lowest BCUT2D eigenvalue weighted by atomic mass is 9.86. The Balaban J connectivity index is 2.18. The number of carbonyl (C=O) groups is 1. The molecule has 1 atom stereocenters. The molecule has 0 amide bonds. The van der Waals surface area contributed by atoms with Crippen LogP contribution in [0.1, 0.15) is 25.3 Å². The summed E-state index contributed by atoms with van der Waals surface area (Å²) in [6.45, 7) is 2.66. The molecule has 80 valence electrons. The third-order valence-electron chi connectivity index (χ3n) is 3.27. The molecule has 1 fully saturated rings. The van der Waals surface area contributed by atoms with Gasteiger partial charge in [-0.15, -0.1) is 0 Å². The van der Waals surface area contributed by atoms with Gasteiger partial charge in [0.1, 0.15) is 5.78 Å². The van der Waals surface area contributed by atoms with E-state index >= 15 is 0 Å². The summed E-state index contributed by atoms with van der Waals surface area (Å²) in [6, 6.07) is 10.2. The van der Waals surface area contributed by atoms with E-state index in [4.69, 9.17) is 0 Å². The van der Waals surface area contributed by atoms with Crippen LogP contribution in [0.4, 0.5) is 0 Å². The van der Waals surface area contributed by atoms with E-state index in [9.17, 15) is 4.79 Å². The molecule has 0 bridgehead atoms. The van der Waals surface area contributed by atoms with Gasteiger partial charge in [0, 0.05) is 0 Å². The van der Waals surface area contributed by atoms with E-state index in [1.54, 1.807) is 6.92 Å². The van der Waals surface area contributed by atoms with E-state index in [2.05, 4.69) is 17.4 Å². The van der Waals surface area contributed by atoms with Crippen molar-refractivity contribution in [1.82, 2.24) is 5.32 Å². The molecule has 2 heteroatoms. The van der Waals surface area contributed by atoms with Gasteiger partial charge >= 0.3 is 0 Å². The molecule has 2 nitrogen and oxygen atoms in total. The van der Waals surface area contributed by atoms with Crippen LogP contribution in [0.2, 0.25) is 0 Å². The van der Waals surface area contributed by atoms with Crippen molar-refractivity contribution >= 4 is 5.78 Å². The molecule has 1 aromatic carbocycles. The molecular weight excluding hydrogens is 186 g/mol. The van der Waals surface area contributed by atoms with E-state index in [1.807, 2.05) is 18.2 Å². The molecule has 1 aromatic rings. The van der Waals surface area contributed by atoms with Crippen LogP contribution < -0.4 is 5.32 Å². The summed E-state index contributed by atoms with van der Waals surface area (Å²) in [7, 11) is 0. The van der Waals surface area contributed by atoms with E-state index in [0.717, 1.165) is 25.8 Å². The summed E-state index contributed by atoms with van der Waals surface area (Å²) in [5.74, 6) is 0.267. The number of ketones is 1. The minimum atomic E-state index is -0.290. The molecule has 1 unspecified atom stereocenters. The molecule has 1 heterocycles. The lowest BCUT2D eigenvalue weighted by molar-refractivity contribution is -0.122. The largest absolute Gasteiger partial charge is 0.305 e. The Kier molecular flexibility index (Phi) is 2.87. The number of Topliss-reactive ketones (excluding diaryl/α,β-unsaturated/α-hetero) is 1. The highest BCUT2D eigenvalue weighted by molar-refractivity contribution is 5.86. The molecule has 0 radical (unpaired) electrons. The van der Waals surface area contributed by atoms with Crippen molar-refractivity contribution in [2.75, 3.05) is 6.54 Å². The topological polar surface area (TPSA) is 29.1 Å². The zero-order valence-corrected chi connectivity index (χ0v) is 9.12. The minimum absolute atomic E-state index is 0.267. The molecule has 0 spiro atoms. The molecule has 0 aliphatic carbocycles. The maximum atomic E-state index is 11.7. The highest BCUT2D eigenvalue weighted by Gasteiger charge is 2.37. The van der Waals surface area contributed by atoms with Crippen molar-refractivity contribution in [2.24, 2.45) is 0 Å². The SMILES string of the molecule is CC(=O)C1(Cc2ccccc2)CCCN1. The lowest BCUT2D eigenvalue weighted by Crippen LogP contribution is -2.48. The first-order valence-corrected chi connectivity index (χ1v) is 5.53. The fraction of sp³-hybridized carbons (Fsp3) is 0.462. The second-order valence-electron chi connectivity index (χ2n) is 4.33. The average molecular weight is 203 g/mol. The first kappa shape index (κ1) is 10.4. The first-order valence-electron chi connectivity index (χ1n) is 5.53. The molecule has 0 saturated carbocycles. The Morgan fingerprint density at radius 1 is 1.40 bits per heavy atom. The lowest BCUT2D eigenvalue weighted by Gasteiger charge is -2.26. The Bertz CT molecular complexity index is 339. The normalized spacial score (nSPS) is 25.4. The number of carbonyl (C=O) groups excluding carboxylic acids is 1. The van der Waals surface area contributed by atoms with Gasteiger partial charge in [-0.2, -0.15) is 0 Å². The molecule has 1 saturated heterocycles. The van der Waals surface area contributed by atoms with Gasteiger partial charge in [-0.05, 0) is 38.3 Å². The van der Waals surface area contributed by atoms with Crippen molar-refractivity contribution in [3.05, 3.63) is 35.9 Å². The van der Waals surface area contributed by atoms with Gasteiger partial charge in [-0.25, -0.2) is 0 Å². The quantitative estimate of drug-likeness (QED) is 0.813. The van der Waals surface area contributed by atoms with Crippen LogP contribution in [-0.2, 0) is 11.2 Å². The van der Waals surface area contributed by atoms with E-state index in [-0.39, 0.29) is 11.3 Å². The monoisotopic (exact) mass is 203 g/mol. The van der Waals surface area contributed by atoms with E-state index in [0.29, 0.717) is 0 Å². The van der Waals surface area contributed by atoms with Crippen LogP contribution in [0.15, 0.2) is 30.3 Å². The standard InChI is InChI=1S/C13H17NO/c1-11(15)13(8-5-9-14-13)10-12-6-3-2-4-7-12/h2-4,6-7,14H,5,8-10H2,1H3. The van der Waals surface area contributed by atoms with Crippen molar-refractivity contribution < 1.29 is 4.79 Å². The Morgan fingerprint density at radius 3 is 2.67 bits per heavy atom. The van der Waals surface area contributed by atoms with Crippen LogP contribution >= 0.6 is 0 Å². The van der Waals surface area contributed by atoms with Gasteiger partial charge in [-0.3, -0.25) is 4.79 Å². The number of nitrogens with one attached hydrogen (secondary N) is 1. The summed E-state index contributed by atoms with van der Waals surface area (Å²) >= 11 is 0. The van der Waals surface area contributed by atoms with Crippen molar-refractivity contribution in [1.29, 1.82) is 0 Å². The first-order chi connectivity index (χ1) is 7.23. The Morgan fingerprint density at radius 2 is 2.13 bits per heavy atom. The second-order valence-corrected chi connectivity index (χ2v) is 4.33. The minimum Gasteiger partial charge on any atom is -0.305 e. The zero-order chi connectivity index (χ0) is 10.7. The van der Waals surface area contributed by atoms with Crippen molar-refractivity contribution in [3.63, 3.8) is 0 Å². The maximum Gasteiger partial charge on any atom is 0.150 e. The van der Waals surface area contributed by atoms with Gasteiger partial charge < -0.3 is 5.32 Å². The summed E-state index contributed by atoms with van der Waals surface area (Å²) in [4.78, 5) is 11.7. The Labute approximate surface area is 90.7 Å².